The summed E-state index contributed by atoms with van der Waals surface area (Å²) in [5, 5.41) is 14.3. The highest BCUT2D eigenvalue weighted by Gasteiger charge is 2.13. The number of methoxy groups -OCH3 is 1. The number of para-hydroxylation sites is 1. The summed E-state index contributed by atoms with van der Waals surface area (Å²) in [6.45, 7) is 1.87. The number of hydrogen-bond donors (Lipinski definition) is 3. The Kier molecular flexibility index (Phi) is 6.99. The summed E-state index contributed by atoms with van der Waals surface area (Å²) in [4.78, 5) is 22.8. The predicted octanol–water partition coefficient (Wildman–Crippen LogP) is 2.20. The van der Waals surface area contributed by atoms with Crippen LogP contribution in [0.3, 0.4) is 0 Å². The van der Waals surface area contributed by atoms with E-state index in [9.17, 15) is 9.59 Å². The van der Waals surface area contributed by atoms with Crippen LogP contribution in [-0.2, 0) is 16.1 Å². The van der Waals surface area contributed by atoms with E-state index in [0.29, 0.717) is 22.7 Å². The summed E-state index contributed by atoms with van der Waals surface area (Å²) in [5.41, 5.74) is 2.49. The van der Waals surface area contributed by atoms with Crippen molar-refractivity contribution in [2.24, 2.45) is 0 Å². The molecule has 0 aromatic heterocycles. The van der Waals surface area contributed by atoms with Crippen LogP contribution in [0, 0.1) is 6.92 Å². The maximum atomic E-state index is 12.1. The zero-order valence-electron chi connectivity index (χ0n) is 14.7. The van der Waals surface area contributed by atoms with Crippen LogP contribution in [0.2, 0.25) is 0 Å². The number of aryl methyl sites for hydroxylation is 1. The number of aliphatic carboxylic acids is 1. The standard InChI is InChI=1S/C19H22N2O5/c1-13-6-8-15(9-7-13)21-17(22)12-26-19-14(10-20-11-18(23)24)4-3-5-16(19)25-2/h3-9,20H,10-12H2,1-2H3,(H,21,22)(H,23,24). The Morgan fingerprint density at radius 3 is 2.50 bits per heavy atom. The molecule has 0 fully saturated rings. The van der Waals surface area contributed by atoms with Gasteiger partial charge in [-0.15, -0.1) is 0 Å². The van der Waals surface area contributed by atoms with Gasteiger partial charge in [-0.1, -0.05) is 29.8 Å². The molecule has 0 heterocycles. The number of nitrogens with one attached hydrogen (secondary N) is 2. The van der Waals surface area contributed by atoms with E-state index in [2.05, 4.69) is 10.6 Å². The molecule has 1 amide bonds. The molecule has 26 heavy (non-hydrogen) atoms. The zero-order chi connectivity index (χ0) is 18.9. The van der Waals surface area contributed by atoms with E-state index in [0.717, 1.165) is 5.56 Å². The van der Waals surface area contributed by atoms with Crippen LogP contribution in [0.5, 0.6) is 11.5 Å². The van der Waals surface area contributed by atoms with Gasteiger partial charge in [0, 0.05) is 17.8 Å². The molecule has 0 aliphatic carbocycles. The first kappa shape index (κ1) is 19.3. The molecule has 2 aromatic rings. The number of ether oxygens (including phenoxy) is 2. The molecule has 0 aliphatic heterocycles. The van der Waals surface area contributed by atoms with E-state index in [1.165, 1.54) is 7.11 Å². The number of anilines is 1. The van der Waals surface area contributed by atoms with Gasteiger partial charge >= 0.3 is 5.97 Å². The van der Waals surface area contributed by atoms with Crippen LogP contribution >= 0.6 is 0 Å². The van der Waals surface area contributed by atoms with Crippen LogP contribution in [0.4, 0.5) is 5.69 Å². The molecule has 0 spiro atoms. The fourth-order valence-corrected chi connectivity index (χ4v) is 2.30. The third-order valence-electron chi connectivity index (χ3n) is 3.55. The van der Waals surface area contributed by atoms with Gasteiger partial charge in [0.25, 0.3) is 5.91 Å². The number of hydrogen-bond acceptors (Lipinski definition) is 5. The monoisotopic (exact) mass is 358 g/mol. The summed E-state index contributed by atoms with van der Waals surface area (Å²) >= 11 is 0. The highest BCUT2D eigenvalue weighted by molar-refractivity contribution is 5.91. The number of carbonyl (C=O) groups is 2. The maximum Gasteiger partial charge on any atom is 0.317 e. The smallest absolute Gasteiger partial charge is 0.317 e. The third-order valence-corrected chi connectivity index (χ3v) is 3.55. The van der Waals surface area contributed by atoms with Gasteiger partial charge in [-0.05, 0) is 25.1 Å². The molecular weight excluding hydrogens is 336 g/mol. The average molecular weight is 358 g/mol. The molecule has 0 bridgehead atoms. The molecule has 0 saturated carbocycles. The third kappa shape index (κ3) is 5.78. The van der Waals surface area contributed by atoms with Crippen LogP contribution in [0.25, 0.3) is 0 Å². The van der Waals surface area contributed by atoms with Crippen molar-refractivity contribution in [1.29, 1.82) is 0 Å². The largest absolute Gasteiger partial charge is 0.493 e. The number of benzene rings is 2. The maximum absolute atomic E-state index is 12.1. The van der Waals surface area contributed by atoms with Crippen molar-refractivity contribution >= 4 is 17.6 Å². The molecule has 0 atom stereocenters. The summed E-state index contributed by atoms with van der Waals surface area (Å²) in [6.07, 6.45) is 0. The molecule has 0 saturated heterocycles. The number of carbonyl (C=O) groups excluding carboxylic acids is 1. The van der Waals surface area contributed by atoms with Crippen LogP contribution < -0.4 is 20.1 Å². The van der Waals surface area contributed by atoms with Crippen molar-refractivity contribution < 1.29 is 24.2 Å². The summed E-state index contributed by atoms with van der Waals surface area (Å²) in [5.74, 6) is -0.369. The second-order valence-corrected chi connectivity index (χ2v) is 5.65. The molecule has 7 heteroatoms. The van der Waals surface area contributed by atoms with Gasteiger partial charge in [0.05, 0.1) is 13.7 Å². The van der Waals surface area contributed by atoms with E-state index in [4.69, 9.17) is 14.6 Å². The first-order chi connectivity index (χ1) is 12.5. The van der Waals surface area contributed by atoms with Gasteiger partial charge in [0.1, 0.15) is 0 Å². The average Bonchev–Trinajstić information content (AvgIpc) is 2.62. The Hall–Kier alpha value is -3.06. The molecule has 3 N–H and O–H groups in total. The van der Waals surface area contributed by atoms with Gasteiger partial charge in [-0.25, -0.2) is 0 Å². The van der Waals surface area contributed by atoms with Gasteiger partial charge in [-0.3, -0.25) is 9.59 Å². The number of carboxylic acids is 1. The Morgan fingerprint density at radius 1 is 1.12 bits per heavy atom. The van der Waals surface area contributed by atoms with Gasteiger partial charge in [0.15, 0.2) is 18.1 Å². The van der Waals surface area contributed by atoms with Crippen molar-refractivity contribution in [3.8, 4) is 11.5 Å². The van der Waals surface area contributed by atoms with Gasteiger partial charge in [0.2, 0.25) is 0 Å². The molecule has 138 valence electrons. The van der Waals surface area contributed by atoms with E-state index in [1.54, 1.807) is 18.2 Å². The van der Waals surface area contributed by atoms with Crippen LogP contribution in [0.1, 0.15) is 11.1 Å². The van der Waals surface area contributed by atoms with E-state index in [1.807, 2.05) is 31.2 Å². The molecule has 0 unspecified atom stereocenters. The van der Waals surface area contributed by atoms with E-state index < -0.39 is 5.97 Å². The predicted molar refractivity (Wildman–Crippen MR) is 97.6 cm³/mol. The lowest BCUT2D eigenvalue weighted by Gasteiger charge is -2.15. The van der Waals surface area contributed by atoms with Gasteiger partial charge in [-0.2, -0.15) is 0 Å². The fraction of sp³-hybridized carbons (Fsp3) is 0.263. The Labute approximate surface area is 151 Å². The van der Waals surface area contributed by atoms with Crippen molar-refractivity contribution in [3.05, 3.63) is 53.6 Å². The first-order valence-corrected chi connectivity index (χ1v) is 8.07. The lowest BCUT2D eigenvalue weighted by Crippen LogP contribution is -2.23. The Bertz CT molecular complexity index is 759. The second-order valence-electron chi connectivity index (χ2n) is 5.65. The molecule has 0 aliphatic rings. The lowest BCUT2D eigenvalue weighted by molar-refractivity contribution is -0.136. The van der Waals surface area contributed by atoms with Crippen LogP contribution in [-0.4, -0.2) is 37.2 Å². The van der Waals surface area contributed by atoms with E-state index >= 15 is 0 Å². The first-order valence-electron chi connectivity index (χ1n) is 8.07. The number of rotatable bonds is 9. The van der Waals surface area contributed by atoms with Crippen molar-refractivity contribution in [2.45, 2.75) is 13.5 Å². The number of amides is 1. The molecule has 7 nitrogen and oxygen atoms in total. The van der Waals surface area contributed by atoms with E-state index in [-0.39, 0.29) is 25.6 Å². The SMILES string of the molecule is COc1cccc(CNCC(=O)O)c1OCC(=O)Nc1ccc(C)cc1. The highest BCUT2D eigenvalue weighted by atomic mass is 16.5. The molecule has 2 rings (SSSR count). The molecular formula is C19H22N2O5. The summed E-state index contributed by atoms with van der Waals surface area (Å²) in [6, 6.07) is 12.7. The summed E-state index contributed by atoms with van der Waals surface area (Å²) < 4.78 is 10.9. The summed E-state index contributed by atoms with van der Waals surface area (Å²) in [7, 11) is 1.50. The Morgan fingerprint density at radius 2 is 1.85 bits per heavy atom. The normalized spacial score (nSPS) is 10.2. The minimum atomic E-state index is -0.951. The zero-order valence-corrected chi connectivity index (χ0v) is 14.7. The quantitative estimate of drug-likeness (QED) is 0.636. The molecule has 0 radical (unpaired) electrons. The number of carboxylic acid groups (broad SMARTS) is 1. The Balaban J connectivity index is 2.01. The topological polar surface area (TPSA) is 96.9 Å². The minimum absolute atomic E-state index is 0.176. The van der Waals surface area contributed by atoms with Crippen LogP contribution in [0.15, 0.2) is 42.5 Å². The highest BCUT2D eigenvalue weighted by Crippen LogP contribution is 2.31. The minimum Gasteiger partial charge on any atom is -0.493 e. The lowest BCUT2D eigenvalue weighted by atomic mass is 10.2. The molecule has 2 aromatic carbocycles. The van der Waals surface area contributed by atoms with Gasteiger partial charge < -0.3 is 25.2 Å². The van der Waals surface area contributed by atoms with Crippen molar-refractivity contribution in [1.82, 2.24) is 5.32 Å². The van der Waals surface area contributed by atoms with Crippen molar-refractivity contribution in [2.75, 3.05) is 25.6 Å². The van der Waals surface area contributed by atoms with Crippen molar-refractivity contribution in [3.63, 3.8) is 0 Å². The second kappa shape index (κ2) is 9.43. The fourth-order valence-electron chi connectivity index (χ4n) is 2.30.